The second-order valence-corrected chi connectivity index (χ2v) is 4.43. The number of nitrogens with two attached hydrogens (primary N) is 1. The zero-order chi connectivity index (χ0) is 12.2. The van der Waals surface area contributed by atoms with Crippen molar-refractivity contribution in [1.82, 2.24) is 10.3 Å². The molecule has 1 amide bonds. The minimum atomic E-state index is -0.492. The normalized spacial score (nSPS) is 10.9. The van der Waals surface area contributed by atoms with Crippen LogP contribution in [-0.2, 0) is 11.3 Å². The first kappa shape index (κ1) is 12.3. The van der Waals surface area contributed by atoms with Crippen LogP contribution in [0.1, 0.15) is 26.3 Å². The highest BCUT2D eigenvalue weighted by Gasteiger charge is 2.15. The summed E-state index contributed by atoms with van der Waals surface area (Å²) in [6.45, 7) is 5.78. The number of hydrogen-bond acceptors (Lipinski definition) is 4. The standard InChI is InChI=1S/C11H17N3O2/c1-11(2,3)16-10(15)14-6-8-4-5-13-7-9(8)12/h4-5,7H,6,12H2,1-3H3,(H,14,15). The molecule has 5 heteroatoms. The highest BCUT2D eigenvalue weighted by Crippen LogP contribution is 2.09. The number of nitrogens with one attached hydrogen (secondary N) is 1. The summed E-state index contributed by atoms with van der Waals surface area (Å²) in [5.74, 6) is 0. The minimum absolute atomic E-state index is 0.337. The molecule has 0 fully saturated rings. The van der Waals surface area contributed by atoms with Crippen molar-refractivity contribution in [3.63, 3.8) is 0 Å². The predicted molar refractivity (Wildman–Crippen MR) is 61.7 cm³/mol. The second-order valence-electron chi connectivity index (χ2n) is 4.43. The lowest BCUT2D eigenvalue weighted by molar-refractivity contribution is 0.0523. The van der Waals surface area contributed by atoms with Gasteiger partial charge >= 0.3 is 6.09 Å². The Kier molecular flexibility index (Phi) is 3.71. The van der Waals surface area contributed by atoms with Gasteiger partial charge in [-0.1, -0.05) is 0 Å². The maximum absolute atomic E-state index is 11.4. The van der Waals surface area contributed by atoms with Gasteiger partial charge in [-0.2, -0.15) is 0 Å². The molecule has 1 rings (SSSR count). The van der Waals surface area contributed by atoms with E-state index in [2.05, 4.69) is 10.3 Å². The quantitative estimate of drug-likeness (QED) is 0.799. The molecular formula is C11H17N3O2. The van der Waals surface area contributed by atoms with E-state index in [1.807, 2.05) is 20.8 Å². The van der Waals surface area contributed by atoms with Gasteiger partial charge in [0.2, 0.25) is 0 Å². The highest BCUT2D eigenvalue weighted by molar-refractivity contribution is 5.68. The summed E-state index contributed by atoms with van der Waals surface area (Å²) in [6.07, 6.45) is 2.72. The van der Waals surface area contributed by atoms with Gasteiger partial charge in [0.25, 0.3) is 0 Å². The Morgan fingerprint density at radius 1 is 1.56 bits per heavy atom. The van der Waals surface area contributed by atoms with Gasteiger partial charge in [0, 0.05) is 12.7 Å². The van der Waals surface area contributed by atoms with Crippen LogP contribution in [-0.4, -0.2) is 16.7 Å². The summed E-state index contributed by atoms with van der Waals surface area (Å²) in [5.41, 5.74) is 6.56. The third-order valence-electron chi connectivity index (χ3n) is 1.77. The zero-order valence-corrected chi connectivity index (χ0v) is 9.78. The van der Waals surface area contributed by atoms with Crippen LogP contribution in [0, 0.1) is 0 Å². The van der Waals surface area contributed by atoms with E-state index >= 15 is 0 Å². The van der Waals surface area contributed by atoms with Crippen molar-refractivity contribution < 1.29 is 9.53 Å². The van der Waals surface area contributed by atoms with Crippen molar-refractivity contribution in [1.29, 1.82) is 0 Å². The molecule has 16 heavy (non-hydrogen) atoms. The van der Waals surface area contributed by atoms with Crippen molar-refractivity contribution in [2.24, 2.45) is 0 Å². The van der Waals surface area contributed by atoms with Crippen LogP contribution in [0.15, 0.2) is 18.5 Å². The Morgan fingerprint density at radius 3 is 2.81 bits per heavy atom. The molecule has 0 saturated heterocycles. The lowest BCUT2D eigenvalue weighted by Gasteiger charge is -2.19. The van der Waals surface area contributed by atoms with Crippen LogP contribution >= 0.6 is 0 Å². The van der Waals surface area contributed by atoms with Crippen LogP contribution in [0.3, 0.4) is 0 Å². The molecule has 0 radical (unpaired) electrons. The number of carbonyl (C=O) groups excluding carboxylic acids is 1. The van der Waals surface area contributed by atoms with E-state index in [1.54, 1.807) is 18.5 Å². The van der Waals surface area contributed by atoms with Gasteiger partial charge in [-0.3, -0.25) is 4.98 Å². The van der Waals surface area contributed by atoms with Gasteiger partial charge < -0.3 is 15.8 Å². The lowest BCUT2D eigenvalue weighted by atomic mass is 10.2. The number of nitrogens with zero attached hydrogens (tertiary/aromatic N) is 1. The van der Waals surface area contributed by atoms with E-state index in [0.29, 0.717) is 12.2 Å². The summed E-state index contributed by atoms with van der Waals surface area (Å²) >= 11 is 0. The van der Waals surface area contributed by atoms with Crippen molar-refractivity contribution in [2.45, 2.75) is 32.9 Å². The van der Waals surface area contributed by atoms with E-state index in [0.717, 1.165) is 5.56 Å². The summed E-state index contributed by atoms with van der Waals surface area (Å²) in [5, 5.41) is 2.63. The molecular weight excluding hydrogens is 206 g/mol. The predicted octanol–water partition coefficient (Wildman–Crippen LogP) is 1.69. The second kappa shape index (κ2) is 4.83. The molecule has 0 spiro atoms. The first-order valence-electron chi connectivity index (χ1n) is 5.04. The Balaban J connectivity index is 2.47. The number of ether oxygens (including phenoxy) is 1. The number of carbonyl (C=O) groups is 1. The molecule has 0 bridgehead atoms. The monoisotopic (exact) mass is 223 g/mol. The summed E-state index contributed by atoms with van der Waals surface area (Å²) in [4.78, 5) is 15.2. The van der Waals surface area contributed by atoms with Gasteiger partial charge in [0.1, 0.15) is 5.60 Å². The molecule has 0 aliphatic rings. The van der Waals surface area contributed by atoms with E-state index in [-0.39, 0.29) is 0 Å². The van der Waals surface area contributed by atoms with Gasteiger partial charge in [-0.05, 0) is 32.4 Å². The molecule has 1 heterocycles. The van der Waals surface area contributed by atoms with Crippen LogP contribution in [0.5, 0.6) is 0 Å². The molecule has 1 aromatic rings. The van der Waals surface area contributed by atoms with Gasteiger partial charge in [-0.15, -0.1) is 0 Å². The molecule has 88 valence electrons. The van der Waals surface area contributed by atoms with E-state index in [1.165, 1.54) is 0 Å². The molecule has 0 atom stereocenters. The summed E-state index contributed by atoms with van der Waals surface area (Å²) in [7, 11) is 0. The van der Waals surface area contributed by atoms with Crippen molar-refractivity contribution in [3.05, 3.63) is 24.0 Å². The van der Waals surface area contributed by atoms with Gasteiger partial charge in [-0.25, -0.2) is 4.79 Å². The fraction of sp³-hybridized carbons (Fsp3) is 0.455. The molecule has 0 aliphatic carbocycles. The molecule has 5 nitrogen and oxygen atoms in total. The topological polar surface area (TPSA) is 77.2 Å². The maximum Gasteiger partial charge on any atom is 0.407 e. The average molecular weight is 223 g/mol. The molecule has 0 aromatic carbocycles. The number of hydrogen-bond donors (Lipinski definition) is 2. The number of amides is 1. The Labute approximate surface area is 95.0 Å². The van der Waals surface area contributed by atoms with E-state index in [9.17, 15) is 4.79 Å². The fourth-order valence-electron chi connectivity index (χ4n) is 1.08. The van der Waals surface area contributed by atoms with Crippen molar-refractivity contribution in [2.75, 3.05) is 5.73 Å². The smallest absolute Gasteiger partial charge is 0.407 e. The molecule has 3 N–H and O–H groups in total. The third-order valence-corrected chi connectivity index (χ3v) is 1.77. The molecule has 0 saturated carbocycles. The summed E-state index contributed by atoms with van der Waals surface area (Å²) < 4.78 is 5.09. The Morgan fingerprint density at radius 2 is 2.25 bits per heavy atom. The van der Waals surface area contributed by atoms with Crippen LogP contribution < -0.4 is 11.1 Å². The van der Waals surface area contributed by atoms with E-state index in [4.69, 9.17) is 10.5 Å². The number of alkyl carbamates (subject to hydrolysis) is 1. The first-order chi connectivity index (χ1) is 7.38. The Bertz CT molecular complexity index is 372. The Hall–Kier alpha value is -1.78. The number of pyridine rings is 1. The van der Waals surface area contributed by atoms with E-state index < -0.39 is 11.7 Å². The van der Waals surface area contributed by atoms with Crippen LogP contribution in [0.4, 0.5) is 10.5 Å². The minimum Gasteiger partial charge on any atom is -0.444 e. The van der Waals surface area contributed by atoms with Crippen molar-refractivity contribution in [3.8, 4) is 0 Å². The molecule has 1 aromatic heterocycles. The molecule has 0 unspecified atom stereocenters. The van der Waals surface area contributed by atoms with Gasteiger partial charge in [0.15, 0.2) is 0 Å². The molecule has 0 aliphatic heterocycles. The maximum atomic E-state index is 11.4. The lowest BCUT2D eigenvalue weighted by Crippen LogP contribution is -2.32. The largest absolute Gasteiger partial charge is 0.444 e. The third kappa shape index (κ3) is 4.16. The van der Waals surface area contributed by atoms with Gasteiger partial charge in [0.05, 0.1) is 11.9 Å². The number of nitrogen functional groups attached to an aromatic ring is 1. The number of rotatable bonds is 2. The first-order valence-corrected chi connectivity index (χ1v) is 5.04. The fourth-order valence-corrected chi connectivity index (χ4v) is 1.08. The van der Waals surface area contributed by atoms with Crippen LogP contribution in [0.25, 0.3) is 0 Å². The summed E-state index contributed by atoms with van der Waals surface area (Å²) in [6, 6.07) is 1.76. The number of anilines is 1. The van der Waals surface area contributed by atoms with Crippen LogP contribution in [0.2, 0.25) is 0 Å². The average Bonchev–Trinajstić information content (AvgIpc) is 2.14. The zero-order valence-electron chi connectivity index (χ0n) is 9.78. The SMILES string of the molecule is CC(C)(C)OC(=O)NCc1ccncc1N. The highest BCUT2D eigenvalue weighted by atomic mass is 16.6. The van der Waals surface area contributed by atoms with Crippen molar-refractivity contribution >= 4 is 11.8 Å². The number of aromatic nitrogens is 1.